The second kappa shape index (κ2) is 2.94. The van der Waals surface area contributed by atoms with Crippen molar-refractivity contribution in [2.75, 3.05) is 5.32 Å². The Kier molecular flexibility index (Phi) is 1.63. The van der Waals surface area contributed by atoms with E-state index < -0.39 is 0 Å². The predicted octanol–water partition coefficient (Wildman–Crippen LogP) is 1.71. The molecule has 2 heterocycles. The van der Waals surface area contributed by atoms with Gasteiger partial charge in [0.25, 0.3) is 0 Å². The molecule has 0 bridgehead atoms. The molecule has 2 unspecified atom stereocenters. The Morgan fingerprint density at radius 2 is 2.00 bits per heavy atom. The Morgan fingerprint density at radius 3 is 3.00 bits per heavy atom. The van der Waals surface area contributed by atoms with E-state index in [-0.39, 0.29) is 0 Å². The number of fused-ring (bicyclic) bond motifs is 2. The van der Waals surface area contributed by atoms with Crippen molar-refractivity contribution in [1.82, 2.24) is 0 Å². The second-order valence-corrected chi connectivity index (χ2v) is 3.72. The third-order valence-corrected chi connectivity index (χ3v) is 2.81. The van der Waals surface area contributed by atoms with Crippen molar-refractivity contribution in [3.8, 4) is 0 Å². The predicted molar refractivity (Wildman–Crippen MR) is 58.0 cm³/mol. The molecular formula is C11H11N3. The van der Waals surface area contributed by atoms with Crippen molar-refractivity contribution >= 4 is 18.1 Å². The zero-order chi connectivity index (χ0) is 9.38. The lowest BCUT2D eigenvalue weighted by Crippen LogP contribution is -2.38. The molecule has 2 aliphatic heterocycles. The maximum absolute atomic E-state index is 3.94. The van der Waals surface area contributed by atoms with Crippen LogP contribution in [0.5, 0.6) is 0 Å². The van der Waals surface area contributed by atoms with E-state index in [1.807, 2.05) is 12.4 Å². The van der Waals surface area contributed by atoms with E-state index in [0.717, 1.165) is 6.42 Å². The van der Waals surface area contributed by atoms with Crippen LogP contribution < -0.4 is 5.32 Å². The van der Waals surface area contributed by atoms with Crippen molar-refractivity contribution in [2.24, 2.45) is 16.1 Å². The van der Waals surface area contributed by atoms with Gasteiger partial charge in [0.1, 0.15) is 0 Å². The number of para-hydroxylation sites is 1. The minimum Gasteiger partial charge on any atom is -0.376 e. The fraction of sp³-hybridized carbons (Fsp3) is 0.273. The maximum Gasteiger partial charge on any atom is 0.0716 e. The molecule has 3 nitrogen and oxygen atoms in total. The zero-order valence-corrected chi connectivity index (χ0v) is 7.72. The normalized spacial score (nSPS) is 27.7. The van der Waals surface area contributed by atoms with E-state index in [0.29, 0.717) is 12.0 Å². The largest absolute Gasteiger partial charge is 0.376 e. The van der Waals surface area contributed by atoms with E-state index in [4.69, 9.17) is 0 Å². The van der Waals surface area contributed by atoms with Crippen LogP contribution in [-0.4, -0.2) is 18.5 Å². The highest BCUT2D eigenvalue weighted by Gasteiger charge is 2.26. The van der Waals surface area contributed by atoms with Crippen LogP contribution in [0.25, 0.3) is 0 Å². The van der Waals surface area contributed by atoms with Gasteiger partial charge < -0.3 is 5.32 Å². The molecule has 0 aliphatic carbocycles. The van der Waals surface area contributed by atoms with Crippen LogP contribution in [0.1, 0.15) is 5.56 Å². The highest BCUT2D eigenvalue weighted by Crippen LogP contribution is 2.27. The first-order valence-electron chi connectivity index (χ1n) is 4.84. The second-order valence-electron chi connectivity index (χ2n) is 3.72. The lowest BCUT2D eigenvalue weighted by atomic mass is 9.88. The molecule has 0 amide bonds. The third-order valence-electron chi connectivity index (χ3n) is 2.81. The smallest absolute Gasteiger partial charge is 0.0716 e. The first-order valence-corrected chi connectivity index (χ1v) is 4.84. The van der Waals surface area contributed by atoms with Gasteiger partial charge in [-0.2, -0.15) is 10.2 Å². The average molecular weight is 185 g/mol. The number of anilines is 1. The van der Waals surface area contributed by atoms with Gasteiger partial charge in [0, 0.05) is 24.0 Å². The van der Waals surface area contributed by atoms with Crippen molar-refractivity contribution < 1.29 is 0 Å². The summed E-state index contributed by atoms with van der Waals surface area (Å²) in [6.45, 7) is 0. The first-order chi connectivity index (χ1) is 6.93. The van der Waals surface area contributed by atoms with Gasteiger partial charge in [0.15, 0.2) is 0 Å². The molecule has 70 valence electrons. The summed E-state index contributed by atoms with van der Waals surface area (Å²) in [7, 11) is 0. The highest BCUT2D eigenvalue weighted by molar-refractivity contribution is 5.82. The van der Waals surface area contributed by atoms with Crippen molar-refractivity contribution in [3.05, 3.63) is 29.8 Å². The molecule has 0 saturated heterocycles. The van der Waals surface area contributed by atoms with Gasteiger partial charge in [-0.1, -0.05) is 18.2 Å². The Bertz CT molecular complexity index is 370. The van der Waals surface area contributed by atoms with Crippen LogP contribution in [-0.2, 0) is 6.42 Å². The van der Waals surface area contributed by atoms with Gasteiger partial charge in [-0.25, -0.2) is 0 Å². The van der Waals surface area contributed by atoms with E-state index in [9.17, 15) is 0 Å². The molecular weight excluding hydrogens is 174 g/mol. The molecule has 0 saturated carbocycles. The summed E-state index contributed by atoms with van der Waals surface area (Å²) in [6.07, 6.45) is 4.89. The standard InChI is InChI=1S/C11H11N3/c1-2-4-10-8(3-1)5-9-6-12-13-7-11(9)14-10/h1-4,6-7,9,11,14H,5H2. The molecule has 3 heteroatoms. The van der Waals surface area contributed by atoms with E-state index >= 15 is 0 Å². The summed E-state index contributed by atoms with van der Waals surface area (Å²) in [4.78, 5) is 0. The summed E-state index contributed by atoms with van der Waals surface area (Å²) >= 11 is 0. The van der Waals surface area contributed by atoms with Crippen molar-refractivity contribution in [2.45, 2.75) is 12.5 Å². The number of nitrogens with zero attached hydrogens (tertiary/aromatic N) is 2. The summed E-state index contributed by atoms with van der Waals surface area (Å²) in [5.74, 6) is 0.461. The number of benzene rings is 1. The maximum atomic E-state index is 3.94. The van der Waals surface area contributed by atoms with Crippen LogP contribution in [0.2, 0.25) is 0 Å². The molecule has 0 radical (unpaired) electrons. The van der Waals surface area contributed by atoms with Gasteiger partial charge >= 0.3 is 0 Å². The van der Waals surface area contributed by atoms with Gasteiger partial charge in [-0.3, -0.25) is 0 Å². The lowest BCUT2D eigenvalue weighted by molar-refractivity contribution is 0.644. The molecule has 2 aliphatic rings. The van der Waals surface area contributed by atoms with Gasteiger partial charge in [-0.15, -0.1) is 0 Å². The average Bonchev–Trinajstić information content (AvgIpc) is 2.26. The molecule has 1 aromatic rings. The molecule has 1 aromatic carbocycles. The van der Waals surface area contributed by atoms with Crippen molar-refractivity contribution in [1.29, 1.82) is 0 Å². The van der Waals surface area contributed by atoms with E-state index in [1.165, 1.54) is 11.3 Å². The Morgan fingerprint density at radius 1 is 1.14 bits per heavy atom. The Labute approximate surface area is 82.6 Å². The van der Waals surface area contributed by atoms with Gasteiger partial charge in [0.05, 0.1) is 6.04 Å². The molecule has 0 spiro atoms. The minimum absolute atomic E-state index is 0.322. The van der Waals surface area contributed by atoms with E-state index in [2.05, 4.69) is 39.8 Å². The quantitative estimate of drug-likeness (QED) is 0.656. The minimum atomic E-state index is 0.322. The number of nitrogens with one attached hydrogen (secondary N) is 1. The van der Waals surface area contributed by atoms with Gasteiger partial charge in [-0.05, 0) is 18.1 Å². The topological polar surface area (TPSA) is 36.8 Å². The van der Waals surface area contributed by atoms with E-state index in [1.54, 1.807) is 0 Å². The molecule has 0 fully saturated rings. The zero-order valence-electron chi connectivity index (χ0n) is 7.72. The Hall–Kier alpha value is -1.64. The fourth-order valence-corrected chi connectivity index (χ4v) is 2.03. The van der Waals surface area contributed by atoms with Crippen LogP contribution in [0.4, 0.5) is 5.69 Å². The van der Waals surface area contributed by atoms with Crippen LogP contribution in [0, 0.1) is 5.92 Å². The lowest BCUT2D eigenvalue weighted by Gasteiger charge is -2.30. The monoisotopic (exact) mass is 185 g/mol. The molecule has 1 N–H and O–H groups in total. The molecule has 14 heavy (non-hydrogen) atoms. The summed E-state index contributed by atoms with van der Waals surface area (Å²) in [6, 6.07) is 8.74. The SMILES string of the molecule is C1=NN=CC2Nc3ccccc3CC12. The van der Waals surface area contributed by atoms with Crippen LogP contribution >= 0.6 is 0 Å². The molecule has 3 rings (SSSR count). The van der Waals surface area contributed by atoms with Crippen LogP contribution in [0.3, 0.4) is 0 Å². The number of hydrogen-bond donors (Lipinski definition) is 1. The highest BCUT2D eigenvalue weighted by atomic mass is 15.2. The number of hydrogen-bond acceptors (Lipinski definition) is 3. The number of rotatable bonds is 0. The summed E-state index contributed by atoms with van der Waals surface area (Å²) < 4.78 is 0. The first kappa shape index (κ1) is 7.74. The van der Waals surface area contributed by atoms with Crippen LogP contribution in [0.15, 0.2) is 34.5 Å². The fourth-order valence-electron chi connectivity index (χ4n) is 2.03. The molecule has 0 aromatic heterocycles. The third kappa shape index (κ3) is 1.13. The van der Waals surface area contributed by atoms with Gasteiger partial charge in [0.2, 0.25) is 0 Å². The summed E-state index contributed by atoms with van der Waals surface area (Å²) in [5, 5.41) is 11.3. The van der Waals surface area contributed by atoms with Crippen molar-refractivity contribution in [3.63, 3.8) is 0 Å². The summed E-state index contributed by atoms with van der Waals surface area (Å²) in [5.41, 5.74) is 2.60. The Balaban J connectivity index is 2.00. The molecule has 2 atom stereocenters.